The second-order valence-corrected chi connectivity index (χ2v) is 6.83. The van der Waals surface area contributed by atoms with Gasteiger partial charge < -0.3 is 4.74 Å². The molecule has 0 amide bonds. The average Bonchev–Trinajstić information content (AvgIpc) is 2.45. The van der Waals surface area contributed by atoms with Crippen molar-refractivity contribution in [3.63, 3.8) is 0 Å². The summed E-state index contributed by atoms with van der Waals surface area (Å²) in [5, 5.41) is 0. The van der Waals surface area contributed by atoms with E-state index in [4.69, 9.17) is 4.74 Å². The van der Waals surface area contributed by atoms with Gasteiger partial charge >= 0.3 is 0 Å². The number of carbonyl (C=O) groups excluding carboxylic acids is 1. The summed E-state index contributed by atoms with van der Waals surface area (Å²) in [7, 11) is -1.68. The Morgan fingerprint density at radius 3 is 2.05 bits per heavy atom. The maximum atomic E-state index is 12.4. The molecule has 2 aromatic carbocycles. The van der Waals surface area contributed by atoms with Crippen LogP contribution in [0.15, 0.2) is 47.4 Å². The maximum absolute atomic E-state index is 12.4. The summed E-state index contributed by atoms with van der Waals surface area (Å²) < 4.78 is 28.0. The van der Waals surface area contributed by atoms with Crippen molar-refractivity contribution in [3.8, 4) is 5.75 Å². The van der Waals surface area contributed by atoms with Crippen molar-refractivity contribution in [2.45, 2.75) is 11.8 Å². The number of rotatable bonds is 4. The first-order valence-electron chi connectivity index (χ1n) is 6.32. The Morgan fingerprint density at radius 1 is 1.00 bits per heavy atom. The summed E-state index contributed by atoms with van der Waals surface area (Å²) in [6.07, 6.45) is 1.14. The van der Waals surface area contributed by atoms with Crippen molar-refractivity contribution in [2.24, 2.45) is 0 Å². The fourth-order valence-corrected chi connectivity index (χ4v) is 2.67. The highest BCUT2D eigenvalue weighted by Crippen LogP contribution is 2.21. The normalized spacial score (nSPS) is 11.2. The lowest BCUT2D eigenvalue weighted by Gasteiger charge is -2.07. The Balaban J connectivity index is 2.34. The molecule has 4 nitrogen and oxygen atoms in total. The van der Waals surface area contributed by atoms with E-state index in [1.165, 1.54) is 24.3 Å². The quantitative estimate of drug-likeness (QED) is 0.815. The highest BCUT2D eigenvalue weighted by molar-refractivity contribution is 7.90. The van der Waals surface area contributed by atoms with Crippen LogP contribution in [0, 0.1) is 6.92 Å². The van der Waals surface area contributed by atoms with Crippen molar-refractivity contribution in [1.29, 1.82) is 0 Å². The Bertz CT molecular complexity index is 774. The van der Waals surface area contributed by atoms with Crippen LogP contribution >= 0.6 is 0 Å². The van der Waals surface area contributed by atoms with E-state index in [9.17, 15) is 13.2 Å². The molecule has 0 fully saturated rings. The summed E-state index contributed by atoms with van der Waals surface area (Å²) in [6, 6.07) is 11.1. The molecule has 0 aromatic heterocycles. The molecule has 0 bridgehead atoms. The number of aryl methyl sites for hydroxylation is 1. The Morgan fingerprint density at radius 2 is 1.57 bits per heavy atom. The fourth-order valence-electron chi connectivity index (χ4n) is 2.04. The molecule has 0 aliphatic heterocycles. The standard InChI is InChI=1S/C16H16O4S/c1-11-10-13(6-9-15(11)20-2)16(17)12-4-7-14(8-5-12)21(3,18)19/h4-10H,1-3H3. The summed E-state index contributed by atoms with van der Waals surface area (Å²) in [6.45, 7) is 1.86. The summed E-state index contributed by atoms with van der Waals surface area (Å²) in [5.74, 6) is 0.569. The Labute approximate surface area is 124 Å². The highest BCUT2D eigenvalue weighted by atomic mass is 32.2. The minimum absolute atomic E-state index is 0.152. The van der Waals surface area contributed by atoms with E-state index in [-0.39, 0.29) is 10.7 Å². The molecule has 0 atom stereocenters. The molecule has 0 aliphatic rings. The monoisotopic (exact) mass is 304 g/mol. The van der Waals surface area contributed by atoms with Crippen LogP contribution in [0.4, 0.5) is 0 Å². The number of hydrogen-bond acceptors (Lipinski definition) is 4. The van der Waals surface area contributed by atoms with Crippen LogP contribution < -0.4 is 4.74 Å². The first kappa shape index (κ1) is 15.3. The number of ether oxygens (including phenoxy) is 1. The van der Waals surface area contributed by atoms with Crippen molar-refractivity contribution in [2.75, 3.05) is 13.4 Å². The number of hydrogen-bond donors (Lipinski definition) is 0. The minimum Gasteiger partial charge on any atom is -0.496 e. The molecule has 0 aliphatic carbocycles. The van der Waals surface area contributed by atoms with E-state index in [2.05, 4.69) is 0 Å². The number of sulfone groups is 1. The molecule has 0 saturated heterocycles. The van der Waals surface area contributed by atoms with Gasteiger partial charge in [-0.3, -0.25) is 4.79 Å². The molecule has 2 rings (SSSR count). The molecule has 5 heteroatoms. The molecule has 110 valence electrons. The highest BCUT2D eigenvalue weighted by Gasteiger charge is 2.12. The van der Waals surface area contributed by atoms with E-state index >= 15 is 0 Å². The van der Waals surface area contributed by atoms with Gasteiger partial charge in [-0.2, -0.15) is 0 Å². The van der Waals surface area contributed by atoms with Crippen molar-refractivity contribution in [1.82, 2.24) is 0 Å². The van der Waals surface area contributed by atoms with Crippen molar-refractivity contribution < 1.29 is 17.9 Å². The average molecular weight is 304 g/mol. The van der Waals surface area contributed by atoms with Gasteiger partial charge in [0.2, 0.25) is 0 Å². The Kier molecular flexibility index (Phi) is 4.14. The number of benzene rings is 2. The number of carbonyl (C=O) groups is 1. The van der Waals surface area contributed by atoms with E-state index in [0.29, 0.717) is 11.1 Å². The lowest BCUT2D eigenvalue weighted by molar-refractivity contribution is 0.103. The van der Waals surface area contributed by atoms with Crippen molar-refractivity contribution >= 4 is 15.6 Å². The number of methoxy groups -OCH3 is 1. The van der Waals surface area contributed by atoms with Crippen LogP contribution in [-0.2, 0) is 9.84 Å². The predicted molar refractivity (Wildman–Crippen MR) is 80.7 cm³/mol. The van der Waals surface area contributed by atoms with Crippen LogP contribution in [0.2, 0.25) is 0 Å². The second kappa shape index (κ2) is 5.69. The first-order chi connectivity index (χ1) is 9.82. The summed E-state index contributed by atoms with van der Waals surface area (Å²) in [5.41, 5.74) is 1.86. The van der Waals surface area contributed by atoms with Crippen LogP contribution in [-0.4, -0.2) is 27.6 Å². The molecule has 0 heterocycles. The van der Waals surface area contributed by atoms with Crippen LogP contribution in [0.3, 0.4) is 0 Å². The summed E-state index contributed by atoms with van der Waals surface area (Å²) >= 11 is 0. The third kappa shape index (κ3) is 3.31. The van der Waals surface area contributed by atoms with Gasteiger partial charge in [0.1, 0.15) is 5.75 Å². The second-order valence-electron chi connectivity index (χ2n) is 4.81. The number of ketones is 1. The predicted octanol–water partition coefficient (Wildman–Crippen LogP) is 2.64. The SMILES string of the molecule is COc1ccc(C(=O)c2ccc(S(C)(=O)=O)cc2)cc1C. The smallest absolute Gasteiger partial charge is 0.193 e. The van der Waals surface area contributed by atoms with Gasteiger partial charge in [-0.25, -0.2) is 8.42 Å². The van der Waals surface area contributed by atoms with Gasteiger partial charge in [-0.05, 0) is 55.0 Å². The fraction of sp³-hybridized carbons (Fsp3) is 0.188. The minimum atomic E-state index is -3.25. The molecule has 21 heavy (non-hydrogen) atoms. The van der Waals surface area contributed by atoms with E-state index < -0.39 is 9.84 Å². The molecule has 0 radical (unpaired) electrons. The molecule has 0 unspecified atom stereocenters. The molecular weight excluding hydrogens is 288 g/mol. The zero-order valence-electron chi connectivity index (χ0n) is 12.1. The van der Waals surface area contributed by atoms with Gasteiger partial charge in [0, 0.05) is 17.4 Å². The van der Waals surface area contributed by atoms with Crippen molar-refractivity contribution in [3.05, 3.63) is 59.2 Å². The van der Waals surface area contributed by atoms with Gasteiger partial charge in [0.15, 0.2) is 15.6 Å². The molecule has 0 N–H and O–H groups in total. The zero-order chi connectivity index (χ0) is 15.6. The Hall–Kier alpha value is -2.14. The van der Waals surface area contributed by atoms with Gasteiger partial charge in [0.25, 0.3) is 0 Å². The molecule has 0 saturated carbocycles. The zero-order valence-corrected chi connectivity index (χ0v) is 12.9. The first-order valence-corrected chi connectivity index (χ1v) is 8.21. The van der Waals surface area contributed by atoms with Crippen LogP contribution in [0.1, 0.15) is 21.5 Å². The lowest BCUT2D eigenvalue weighted by atomic mass is 10.0. The van der Waals surface area contributed by atoms with Gasteiger partial charge in [0.05, 0.1) is 12.0 Å². The molecular formula is C16H16O4S. The van der Waals surface area contributed by atoms with E-state index in [0.717, 1.165) is 17.6 Å². The van der Waals surface area contributed by atoms with Crippen LogP contribution in [0.5, 0.6) is 5.75 Å². The lowest BCUT2D eigenvalue weighted by Crippen LogP contribution is -2.03. The largest absolute Gasteiger partial charge is 0.496 e. The molecule has 0 spiro atoms. The van der Waals surface area contributed by atoms with Crippen LogP contribution in [0.25, 0.3) is 0 Å². The third-order valence-corrected chi connectivity index (χ3v) is 4.33. The van der Waals surface area contributed by atoms with Gasteiger partial charge in [-0.15, -0.1) is 0 Å². The maximum Gasteiger partial charge on any atom is 0.193 e. The third-order valence-electron chi connectivity index (χ3n) is 3.20. The summed E-state index contributed by atoms with van der Waals surface area (Å²) in [4.78, 5) is 12.6. The van der Waals surface area contributed by atoms with Gasteiger partial charge in [-0.1, -0.05) is 0 Å². The topological polar surface area (TPSA) is 60.4 Å². The van der Waals surface area contributed by atoms with E-state index in [1.807, 2.05) is 6.92 Å². The molecule has 2 aromatic rings. The van der Waals surface area contributed by atoms with E-state index in [1.54, 1.807) is 25.3 Å².